The summed E-state index contributed by atoms with van der Waals surface area (Å²) in [5.74, 6) is 1.84. The molecule has 50 heavy (non-hydrogen) atoms. The molecule has 0 fully saturated rings. The molecular formula is C49H32O. The van der Waals surface area contributed by atoms with Crippen molar-refractivity contribution in [1.82, 2.24) is 0 Å². The largest absolute Gasteiger partial charge is 0.456 e. The molecule has 0 radical (unpaired) electrons. The van der Waals surface area contributed by atoms with Crippen LogP contribution in [-0.2, 0) is 10.8 Å². The highest BCUT2D eigenvalue weighted by molar-refractivity contribution is 6.06. The monoisotopic (exact) mass is 636 g/mol. The van der Waals surface area contributed by atoms with Crippen LogP contribution < -0.4 is 4.74 Å². The lowest BCUT2D eigenvalue weighted by Gasteiger charge is -2.39. The van der Waals surface area contributed by atoms with Crippen LogP contribution in [0.5, 0.6) is 11.5 Å². The number of ether oxygens (including phenoxy) is 1. The summed E-state index contributed by atoms with van der Waals surface area (Å²) in [7, 11) is 0. The zero-order valence-corrected chi connectivity index (χ0v) is 27.7. The average Bonchev–Trinajstić information content (AvgIpc) is 3.65. The van der Waals surface area contributed by atoms with Gasteiger partial charge in [0.1, 0.15) is 11.5 Å². The minimum absolute atomic E-state index is 0.375. The topological polar surface area (TPSA) is 9.23 Å². The van der Waals surface area contributed by atoms with Gasteiger partial charge >= 0.3 is 0 Å². The van der Waals surface area contributed by atoms with Gasteiger partial charge in [0.25, 0.3) is 0 Å². The van der Waals surface area contributed by atoms with Gasteiger partial charge in [0.2, 0.25) is 0 Å². The summed E-state index contributed by atoms with van der Waals surface area (Å²) >= 11 is 0. The summed E-state index contributed by atoms with van der Waals surface area (Å²) in [6, 6.07) is 64.9. The summed E-state index contributed by atoms with van der Waals surface area (Å²) in [6.45, 7) is 2.34. The van der Waals surface area contributed by atoms with Gasteiger partial charge in [-0.15, -0.1) is 0 Å². The van der Waals surface area contributed by atoms with Crippen LogP contribution in [0.1, 0.15) is 45.9 Å². The van der Waals surface area contributed by atoms with Gasteiger partial charge in [-0.3, -0.25) is 0 Å². The van der Waals surface area contributed by atoms with E-state index in [9.17, 15) is 0 Å². The number of para-hydroxylation sites is 2. The van der Waals surface area contributed by atoms with Crippen molar-refractivity contribution in [2.45, 2.75) is 17.8 Å². The molecule has 234 valence electrons. The molecule has 0 saturated heterocycles. The van der Waals surface area contributed by atoms with Crippen molar-refractivity contribution in [3.63, 3.8) is 0 Å². The maximum absolute atomic E-state index is 6.94. The van der Waals surface area contributed by atoms with E-state index in [1.807, 2.05) is 0 Å². The van der Waals surface area contributed by atoms with E-state index in [4.69, 9.17) is 4.74 Å². The van der Waals surface area contributed by atoms with Crippen LogP contribution in [0.3, 0.4) is 0 Å². The molecule has 2 aliphatic carbocycles. The van der Waals surface area contributed by atoms with E-state index in [2.05, 4.69) is 183 Å². The Morgan fingerprint density at radius 1 is 0.420 bits per heavy atom. The third kappa shape index (κ3) is 3.37. The molecule has 3 aliphatic rings. The maximum Gasteiger partial charge on any atom is 0.139 e. The van der Waals surface area contributed by atoms with Crippen molar-refractivity contribution < 1.29 is 4.74 Å². The fourth-order valence-electron chi connectivity index (χ4n) is 9.65. The standard InChI is InChI=1S/C49H32O/c1-48(33-15-3-2-4-16-33)41-23-11-12-25-45(41)50-47-35(20-13-24-43(47)48)32-26-28-37-36-18-7-9-21-39(36)49(44(37)30-32)40-22-10-8-19-38(40)46-34-17-6-5-14-31(34)27-29-42(46)49/h2-30H,1H3. The smallest absolute Gasteiger partial charge is 0.139 e. The van der Waals surface area contributed by atoms with Crippen LogP contribution in [0.2, 0.25) is 0 Å². The molecule has 2 unspecified atom stereocenters. The molecule has 1 heteroatoms. The van der Waals surface area contributed by atoms with E-state index in [1.165, 1.54) is 72.0 Å². The second kappa shape index (κ2) is 9.94. The number of rotatable bonds is 2. The molecule has 0 bridgehead atoms. The Morgan fingerprint density at radius 3 is 1.92 bits per heavy atom. The second-order valence-electron chi connectivity index (χ2n) is 14.1. The highest BCUT2D eigenvalue weighted by Crippen LogP contribution is 2.64. The number of hydrogen-bond acceptors (Lipinski definition) is 1. The van der Waals surface area contributed by atoms with Crippen molar-refractivity contribution in [2.75, 3.05) is 0 Å². The minimum Gasteiger partial charge on any atom is -0.456 e. The third-order valence-electron chi connectivity index (χ3n) is 11.8. The molecule has 0 N–H and O–H groups in total. The van der Waals surface area contributed by atoms with Crippen LogP contribution in [0.4, 0.5) is 0 Å². The van der Waals surface area contributed by atoms with Crippen molar-refractivity contribution in [1.29, 1.82) is 0 Å². The number of benzene rings is 8. The van der Waals surface area contributed by atoms with Gasteiger partial charge in [-0.05, 0) is 85.5 Å². The molecule has 0 amide bonds. The van der Waals surface area contributed by atoms with Gasteiger partial charge in [0, 0.05) is 22.1 Å². The quantitative estimate of drug-likeness (QED) is 0.183. The molecule has 0 saturated carbocycles. The van der Waals surface area contributed by atoms with E-state index in [0.29, 0.717) is 0 Å². The Kier molecular flexibility index (Phi) is 5.51. The Labute approximate surface area is 292 Å². The predicted molar refractivity (Wildman–Crippen MR) is 204 cm³/mol. The van der Waals surface area contributed by atoms with Crippen molar-refractivity contribution in [3.05, 3.63) is 215 Å². The lowest BCUT2D eigenvalue weighted by molar-refractivity contribution is 0.429. The first kappa shape index (κ1) is 27.7. The molecule has 0 aromatic heterocycles. The summed E-state index contributed by atoms with van der Waals surface area (Å²) in [4.78, 5) is 0. The highest BCUT2D eigenvalue weighted by atomic mass is 16.5. The third-order valence-corrected chi connectivity index (χ3v) is 11.8. The summed E-state index contributed by atoms with van der Waals surface area (Å²) in [5, 5.41) is 2.58. The van der Waals surface area contributed by atoms with Crippen LogP contribution >= 0.6 is 0 Å². The van der Waals surface area contributed by atoms with Crippen LogP contribution in [0, 0.1) is 0 Å². The van der Waals surface area contributed by atoms with E-state index in [-0.39, 0.29) is 5.41 Å². The first-order valence-electron chi connectivity index (χ1n) is 17.5. The molecule has 11 rings (SSSR count). The van der Waals surface area contributed by atoms with Gasteiger partial charge < -0.3 is 4.74 Å². The van der Waals surface area contributed by atoms with Crippen LogP contribution in [-0.4, -0.2) is 0 Å². The van der Waals surface area contributed by atoms with E-state index >= 15 is 0 Å². The van der Waals surface area contributed by atoms with E-state index in [0.717, 1.165) is 22.6 Å². The summed E-state index contributed by atoms with van der Waals surface area (Å²) < 4.78 is 6.94. The van der Waals surface area contributed by atoms with E-state index < -0.39 is 5.41 Å². The summed E-state index contributed by atoms with van der Waals surface area (Å²) in [5.41, 5.74) is 15.8. The van der Waals surface area contributed by atoms with Crippen molar-refractivity contribution in [2.24, 2.45) is 0 Å². The average molecular weight is 637 g/mol. The normalized spacial score (nSPS) is 18.8. The molecule has 1 heterocycles. The van der Waals surface area contributed by atoms with Gasteiger partial charge in [-0.2, -0.15) is 0 Å². The van der Waals surface area contributed by atoms with Crippen LogP contribution in [0.25, 0.3) is 44.2 Å². The Hall–Kier alpha value is -6.18. The SMILES string of the molecule is CC1(c2ccccc2)c2ccccc2Oc2c(-c3ccc4c(c3)C3(c5ccccc5-4)c4ccccc4-c4c3ccc3ccccc43)cccc21. The highest BCUT2D eigenvalue weighted by Gasteiger charge is 2.52. The first-order chi connectivity index (χ1) is 24.7. The molecule has 1 aliphatic heterocycles. The van der Waals surface area contributed by atoms with Crippen molar-refractivity contribution >= 4 is 10.8 Å². The van der Waals surface area contributed by atoms with Gasteiger partial charge in [0.05, 0.1) is 5.41 Å². The molecule has 8 aromatic rings. The van der Waals surface area contributed by atoms with Gasteiger partial charge in [0.15, 0.2) is 0 Å². The molecule has 1 spiro atoms. The predicted octanol–water partition coefficient (Wildman–Crippen LogP) is 12.3. The lowest BCUT2D eigenvalue weighted by atomic mass is 9.68. The lowest BCUT2D eigenvalue weighted by Crippen LogP contribution is -2.29. The van der Waals surface area contributed by atoms with Gasteiger partial charge in [-0.25, -0.2) is 0 Å². The minimum atomic E-state index is -0.432. The molecule has 2 atom stereocenters. The summed E-state index contributed by atoms with van der Waals surface area (Å²) in [6.07, 6.45) is 0. The van der Waals surface area contributed by atoms with Gasteiger partial charge in [-0.1, -0.05) is 164 Å². The molecular weight excluding hydrogens is 605 g/mol. The van der Waals surface area contributed by atoms with E-state index in [1.54, 1.807) is 0 Å². The van der Waals surface area contributed by atoms with Crippen LogP contribution in [0.15, 0.2) is 176 Å². The Morgan fingerprint density at radius 2 is 1.06 bits per heavy atom. The zero-order chi connectivity index (χ0) is 33.0. The molecule has 1 nitrogen and oxygen atoms in total. The maximum atomic E-state index is 6.94. The molecule has 8 aromatic carbocycles. The van der Waals surface area contributed by atoms with Crippen molar-refractivity contribution in [3.8, 4) is 44.9 Å². The number of hydrogen-bond donors (Lipinski definition) is 0. The fourth-order valence-corrected chi connectivity index (χ4v) is 9.65. The zero-order valence-electron chi connectivity index (χ0n) is 27.7. The second-order valence-corrected chi connectivity index (χ2v) is 14.1. The number of fused-ring (bicyclic) bond motifs is 14. The Balaban J connectivity index is 1.20. The Bertz CT molecular complexity index is 2700. The first-order valence-corrected chi connectivity index (χ1v) is 17.5. The fraction of sp³-hybridized carbons (Fsp3) is 0.0612.